The van der Waals surface area contributed by atoms with E-state index in [9.17, 15) is 9.65 Å². The number of rotatable bonds is 4. The van der Waals surface area contributed by atoms with Crippen LogP contribution in [0.15, 0.2) is 12.1 Å². The van der Waals surface area contributed by atoms with Crippen LogP contribution < -0.4 is 15.8 Å². The first kappa shape index (κ1) is 29.9. The summed E-state index contributed by atoms with van der Waals surface area (Å²) in [4.78, 5) is 12.0. The maximum Gasteiger partial charge on any atom is 0.317 e. The van der Waals surface area contributed by atoms with Crippen molar-refractivity contribution in [3.8, 4) is 23.2 Å². The minimum absolute atomic E-state index is 0.0569. The lowest BCUT2D eigenvalue weighted by molar-refractivity contribution is 0.107. The van der Waals surface area contributed by atoms with Crippen LogP contribution in [-0.4, -0.2) is 58.4 Å². The second-order valence-corrected chi connectivity index (χ2v) is 15.8. The molecule has 4 aliphatic heterocycles. The van der Waals surface area contributed by atoms with E-state index < -0.39 is 23.3 Å². The minimum Gasteiger partial charge on any atom is -0.461 e. The standard InChI is InChI=1S/C35H34ClF3N6OS/c1-15-9-19-27-30(20-10-17-3-6-23(42-17)24(15)20)43-34(46-14-35-7-2-8-45(35)13-16(37)11-35)44-31(27)29(39)26(28(19)36)18-4-5-22(38)32-25(18)21(12-40)33(41)47-32/h4-5,15-17,20,23-24,42H,2-3,6-11,13-14,41H2,1H3/t15-,16+,17+,20?,23-,24+,35-/m0/s1. The van der Waals surface area contributed by atoms with Gasteiger partial charge in [-0.2, -0.15) is 15.2 Å². The fourth-order valence-corrected chi connectivity index (χ4v) is 11.2. The highest BCUT2D eigenvalue weighted by Gasteiger charge is 2.50. The summed E-state index contributed by atoms with van der Waals surface area (Å²) in [6.07, 6.45) is 4.92. The van der Waals surface area contributed by atoms with Crippen LogP contribution in [0.5, 0.6) is 6.01 Å². The van der Waals surface area contributed by atoms with E-state index in [1.54, 1.807) is 0 Å². The lowest BCUT2D eigenvalue weighted by atomic mass is 9.72. The highest BCUT2D eigenvalue weighted by atomic mass is 35.5. The molecule has 0 radical (unpaired) electrons. The Labute approximate surface area is 279 Å². The summed E-state index contributed by atoms with van der Waals surface area (Å²) in [7, 11) is 0. The van der Waals surface area contributed by atoms with Gasteiger partial charge < -0.3 is 15.8 Å². The number of nitrogens with two attached hydrogens (primary N) is 1. The SMILES string of the molecule is C[C@H]1Cc2c(Cl)c(-c3ccc(F)c4sc(N)c(C#N)c34)c(F)c3nc(OC[C@@]45CCCN4C[C@H](F)C5)nc(c23)C2C[C@H]3CC[C@H](N3)[C@@H]21. The third kappa shape index (κ3) is 4.30. The van der Waals surface area contributed by atoms with E-state index in [1.807, 2.05) is 0 Å². The van der Waals surface area contributed by atoms with E-state index >= 15 is 8.78 Å². The summed E-state index contributed by atoms with van der Waals surface area (Å²) in [5, 5.41) is 15.1. The van der Waals surface area contributed by atoms with Crippen LogP contribution in [-0.2, 0) is 6.42 Å². The predicted molar refractivity (Wildman–Crippen MR) is 177 cm³/mol. The number of anilines is 1. The number of aromatic nitrogens is 2. The molecule has 5 aliphatic rings. The Hall–Kier alpha value is -3.17. The van der Waals surface area contributed by atoms with E-state index in [1.165, 1.54) is 12.1 Å². The van der Waals surface area contributed by atoms with Crippen molar-refractivity contribution in [2.24, 2.45) is 11.8 Å². The average molecular weight is 679 g/mol. The van der Waals surface area contributed by atoms with Crippen molar-refractivity contribution in [1.29, 1.82) is 5.26 Å². The summed E-state index contributed by atoms with van der Waals surface area (Å²) < 4.78 is 53.5. The van der Waals surface area contributed by atoms with E-state index in [2.05, 4.69) is 23.2 Å². The molecular weight excluding hydrogens is 645 g/mol. The van der Waals surface area contributed by atoms with Crippen molar-refractivity contribution in [3.05, 3.63) is 45.6 Å². The Bertz CT molecular complexity index is 2030. The van der Waals surface area contributed by atoms with Crippen molar-refractivity contribution >= 4 is 48.9 Å². The quantitative estimate of drug-likeness (QED) is 0.234. The number of ether oxygens (including phenoxy) is 1. The number of nitrogens with one attached hydrogen (secondary N) is 1. The highest BCUT2D eigenvalue weighted by Crippen LogP contribution is 2.54. The predicted octanol–water partition coefficient (Wildman–Crippen LogP) is 7.27. The number of hydrogen-bond acceptors (Lipinski definition) is 8. The lowest BCUT2D eigenvalue weighted by Gasteiger charge is -2.40. The lowest BCUT2D eigenvalue weighted by Crippen LogP contribution is -2.47. The molecule has 4 saturated heterocycles. The number of thiophene rings is 1. The number of nitriles is 1. The first-order chi connectivity index (χ1) is 22.7. The van der Waals surface area contributed by atoms with E-state index in [0.29, 0.717) is 42.4 Å². The fraction of sp³-hybridized carbons (Fsp3) is 0.514. The van der Waals surface area contributed by atoms with Gasteiger partial charge >= 0.3 is 6.01 Å². The van der Waals surface area contributed by atoms with Gasteiger partial charge in [-0.05, 0) is 74.1 Å². The zero-order valence-electron chi connectivity index (χ0n) is 25.9. The number of alkyl halides is 1. The Morgan fingerprint density at radius 3 is 2.94 bits per heavy atom. The largest absolute Gasteiger partial charge is 0.461 e. The van der Waals surface area contributed by atoms with Gasteiger partial charge in [-0.15, -0.1) is 11.3 Å². The Kier molecular flexibility index (Phi) is 6.79. The molecule has 3 N–H and O–H groups in total. The van der Waals surface area contributed by atoms with Gasteiger partial charge in [-0.3, -0.25) is 4.90 Å². The first-order valence-electron chi connectivity index (χ1n) is 16.6. The molecular formula is C35H34ClF3N6OS. The van der Waals surface area contributed by atoms with E-state index in [-0.39, 0.29) is 67.1 Å². The van der Waals surface area contributed by atoms with Gasteiger partial charge in [0.25, 0.3) is 0 Å². The van der Waals surface area contributed by atoms with Gasteiger partial charge in [-0.25, -0.2) is 13.2 Å². The van der Waals surface area contributed by atoms with Gasteiger partial charge in [0.1, 0.15) is 35.2 Å². The summed E-state index contributed by atoms with van der Waals surface area (Å²) in [5.74, 6) is -0.709. The third-order valence-corrected chi connectivity index (χ3v) is 13.3. The maximum atomic E-state index is 17.3. The molecule has 6 heterocycles. The molecule has 244 valence electrons. The molecule has 0 spiro atoms. The molecule has 47 heavy (non-hydrogen) atoms. The Morgan fingerprint density at radius 1 is 1.26 bits per heavy atom. The van der Waals surface area contributed by atoms with Gasteiger partial charge in [0.05, 0.1) is 26.5 Å². The third-order valence-electron chi connectivity index (χ3n) is 11.8. The molecule has 12 heteroatoms. The van der Waals surface area contributed by atoms with Crippen molar-refractivity contribution in [2.45, 2.75) is 81.6 Å². The molecule has 2 aromatic heterocycles. The zero-order valence-corrected chi connectivity index (χ0v) is 27.5. The van der Waals surface area contributed by atoms with Crippen LogP contribution in [0.3, 0.4) is 0 Å². The van der Waals surface area contributed by atoms with E-state index in [0.717, 1.165) is 61.2 Å². The van der Waals surface area contributed by atoms with Crippen LogP contribution >= 0.6 is 22.9 Å². The molecule has 1 aliphatic carbocycles. The van der Waals surface area contributed by atoms with Gasteiger partial charge in [0, 0.05) is 47.3 Å². The van der Waals surface area contributed by atoms with E-state index in [4.69, 9.17) is 32.0 Å². The van der Waals surface area contributed by atoms with Crippen LogP contribution in [0.4, 0.5) is 18.2 Å². The number of fused-ring (bicyclic) bond motifs is 7. The number of nitrogen functional groups attached to an aromatic ring is 1. The maximum absolute atomic E-state index is 17.3. The first-order valence-corrected chi connectivity index (χ1v) is 17.8. The average Bonchev–Trinajstić information content (AvgIpc) is 3.77. The normalized spacial score (nSPS) is 31.2. The molecule has 1 unspecified atom stereocenters. The molecule has 0 saturated carbocycles. The molecule has 4 fully saturated rings. The summed E-state index contributed by atoms with van der Waals surface area (Å²) >= 11 is 8.22. The topological polar surface area (TPSA) is 100 Å². The van der Waals surface area contributed by atoms with Crippen LogP contribution in [0.2, 0.25) is 5.02 Å². The van der Waals surface area contributed by atoms with Crippen molar-refractivity contribution < 1.29 is 17.9 Å². The number of hydrogen-bond donors (Lipinski definition) is 2. The molecule has 2 aromatic carbocycles. The summed E-state index contributed by atoms with van der Waals surface area (Å²) in [6.45, 7) is 3.68. The van der Waals surface area contributed by atoms with Crippen LogP contribution in [0.1, 0.15) is 68.2 Å². The Balaban J connectivity index is 1.28. The molecule has 4 aromatic rings. The molecule has 0 amide bonds. The van der Waals surface area contributed by atoms with Crippen LogP contribution in [0, 0.1) is 34.8 Å². The highest BCUT2D eigenvalue weighted by molar-refractivity contribution is 7.23. The smallest absolute Gasteiger partial charge is 0.317 e. The minimum atomic E-state index is -0.907. The second kappa shape index (κ2) is 10.7. The zero-order chi connectivity index (χ0) is 32.4. The van der Waals surface area contributed by atoms with Gasteiger partial charge in [-0.1, -0.05) is 24.6 Å². The number of nitrogens with zero attached hydrogens (tertiary/aromatic N) is 4. The van der Waals surface area contributed by atoms with Crippen molar-refractivity contribution in [2.75, 3.05) is 25.4 Å². The molecule has 7 nitrogen and oxygen atoms in total. The number of piperidine rings is 1. The van der Waals surface area contributed by atoms with Crippen LogP contribution in [0.25, 0.3) is 32.1 Å². The molecule has 2 bridgehead atoms. The van der Waals surface area contributed by atoms with Crippen molar-refractivity contribution in [1.82, 2.24) is 20.2 Å². The summed E-state index contributed by atoms with van der Waals surface area (Å²) in [6, 6.07) is 5.57. The monoisotopic (exact) mass is 678 g/mol. The summed E-state index contributed by atoms with van der Waals surface area (Å²) in [5.41, 5.74) is 7.81. The molecule has 7 atom stereocenters. The molecule has 9 rings (SSSR count). The second-order valence-electron chi connectivity index (χ2n) is 14.4. The number of halogens is 4. The van der Waals surface area contributed by atoms with Gasteiger partial charge in [0.2, 0.25) is 0 Å². The Morgan fingerprint density at radius 2 is 2.11 bits per heavy atom. The van der Waals surface area contributed by atoms with Gasteiger partial charge in [0.15, 0.2) is 5.82 Å². The van der Waals surface area contributed by atoms with Crippen molar-refractivity contribution in [3.63, 3.8) is 0 Å². The fourth-order valence-electron chi connectivity index (χ4n) is 9.93. The number of benzene rings is 2.